The molecule has 0 aromatic carbocycles. The Morgan fingerprint density at radius 3 is 2.62 bits per heavy atom. The molecule has 0 spiro atoms. The van der Waals surface area contributed by atoms with E-state index in [-0.39, 0.29) is 0 Å². The number of piperidine rings is 1. The molecule has 3 rings (SSSR count). The van der Waals surface area contributed by atoms with Gasteiger partial charge in [-0.15, -0.1) is 0 Å². The predicted octanol–water partition coefficient (Wildman–Crippen LogP) is 1.76. The summed E-state index contributed by atoms with van der Waals surface area (Å²) in [6.45, 7) is 0. The maximum atomic E-state index is 10.9. The molecule has 1 aromatic heterocycles. The molecule has 3 heterocycles. The number of rotatable bonds is 4. The van der Waals surface area contributed by atoms with Crippen LogP contribution in [0.4, 0.5) is 11.8 Å². The molecule has 2 bridgehead atoms. The van der Waals surface area contributed by atoms with Crippen molar-refractivity contribution in [1.29, 1.82) is 0 Å². The summed E-state index contributed by atoms with van der Waals surface area (Å²) >= 11 is 0. The maximum absolute atomic E-state index is 10.9. The summed E-state index contributed by atoms with van der Waals surface area (Å²) in [5.74, 6) is 1.34. The number of hydrogen-bond donors (Lipinski definition) is 1. The van der Waals surface area contributed by atoms with Crippen molar-refractivity contribution in [3.05, 3.63) is 12.3 Å². The van der Waals surface area contributed by atoms with Crippen molar-refractivity contribution in [1.82, 2.24) is 9.97 Å². The number of aromatic nitrogens is 2. The van der Waals surface area contributed by atoms with E-state index in [0.717, 1.165) is 37.4 Å². The van der Waals surface area contributed by atoms with E-state index in [9.17, 15) is 4.79 Å². The van der Waals surface area contributed by atoms with Gasteiger partial charge in [-0.25, -0.2) is 4.98 Å². The van der Waals surface area contributed by atoms with Crippen molar-refractivity contribution in [2.75, 3.05) is 23.9 Å². The Morgan fingerprint density at radius 2 is 2.05 bits per heavy atom. The van der Waals surface area contributed by atoms with Gasteiger partial charge < -0.3 is 14.9 Å². The number of nitrogens with zero attached hydrogens (tertiary/aromatic N) is 4. The van der Waals surface area contributed by atoms with Crippen LogP contribution in [0.1, 0.15) is 32.1 Å². The molecular weight excluding hydrogens is 268 g/mol. The van der Waals surface area contributed by atoms with E-state index >= 15 is 0 Å². The molecule has 114 valence electrons. The van der Waals surface area contributed by atoms with E-state index in [1.54, 1.807) is 6.20 Å². The fourth-order valence-corrected chi connectivity index (χ4v) is 3.78. The van der Waals surface area contributed by atoms with Crippen molar-refractivity contribution < 1.29 is 9.90 Å². The first-order valence-electron chi connectivity index (χ1n) is 7.55. The molecule has 2 saturated heterocycles. The van der Waals surface area contributed by atoms with Crippen LogP contribution in [0.25, 0.3) is 0 Å². The third-order valence-corrected chi connectivity index (χ3v) is 4.59. The third kappa shape index (κ3) is 2.80. The molecular formula is C15H22N4O2. The molecule has 1 aromatic rings. The van der Waals surface area contributed by atoms with Gasteiger partial charge in [-0.2, -0.15) is 4.98 Å². The molecule has 2 aliphatic heterocycles. The largest absolute Gasteiger partial charge is 0.481 e. The molecule has 21 heavy (non-hydrogen) atoms. The van der Waals surface area contributed by atoms with Crippen molar-refractivity contribution in [3.63, 3.8) is 0 Å². The quantitative estimate of drug-likeness (QED) is 0.911. The molecule has 2 atom stereocenters. The van der Waals surface area contributed by atoms with Gasteiger partial charge in [0.15, 0.2) is 0 Å². The monoisotopic (exact) mass is 290 g/mol. The lowest BCUT2D eigenvalue weighted by molar-refractivity contribution is -0.138. The minimum absolute atomic E-state index is 0.299. The van der Waals surface area contributed by atoms with E-state index in [4.69, 9.17) is 5.11 Å². The molecule has 2 aliphatic rings. The van der Waals surface area contributed by atoms with Gasteiger partial charge in [0.25, 0.3) is 0 Å². The summed E-state index contributed by atoms with van der Waals surface area (Å²) in [4.78, 5) is 24.2. The lowest BCUT2D eigenvalue weighted by Crippen LogP contribution is -2.44. The van der Waals surface area contributed by atoms with Gasteiger partial charge in [-0.05, 0) is 37.7 Å². The first-order valence-corrected chi connectivity index (χ1v) is 7.55. The standard InChI is InChI=1S/C15H22N4O2/c1-18(2)15-16-6-5-13(17-15)19-11-3-4-12(19)8-10(7-11)9-14(20)21/h5-6,10-12H,3-4,7-9H2,1-2H3,(H,20,21). The minimum atomic E-state index is -0.676. The molecule has 0 aliphatic carbocycles. The van der Waals surface area contributed by atoms with Gasteiger partial charge in [-0.3, -0.25) is 4.79 Å². The third-order valence-electron chi connectivity index (χ3n) is 4.59. The molecule has 6 heteroatoms. The van der Waals surface area contributed by atoms with Gasteiger partial charge in [0.05, 0.1) is 0 Å². The first-order chi connectivity index (χ1) is 10.0. The number of anilines is 2. The number of aliphatic carboxylic acids is 1. The average Bonchev–Trinajstić information content (AvgIpc) is 2.70. The fraction of sp³-hybridized carbons (Fsp3) is 0.667. The SMILES string of the molecule is CN(C)c1nccc(N2C3CCC2CC(CC(=O)O)C3)n1. The second kappa shape index (κ2) is 5.50. The van der Waals surface area contributed by atoms with Gasteiger partial charge >= 0.3 is 5.97 Å². The number of hydrogen-bond acceptors (Lipinski definition) is 5. The van der Waals surface area contributed by atoms with Crippen LogP contribution in [0.2, 0.25) is 0 Å². The van der Waals surface area contributed by atoms with E-state index in [2.05, 4.69) is 14.9 Å². The van der Waals surface area contributed by atoms with Crippen LogP contribution in [-0.4, -0.2) is 47.2 Å². The lowest BCUT2D eigenvalue weighted by atomic mass is 9.88. The number of fused-ring (bicyclic) bond motifs is 2. The lowest BCUT2D eigenvalue weighted by Gasteiger charge is -2.39. The zero-order valence-electron chi connectivity index (χ0n) is 12.6. The molecule has 0 radical (unpaired) electrons. The van der Waals surface area contributed by atoms with Crippen molar-refractivity contribution in [2.24, 2.45) is 5.92 Å². The van der Waals surface area contributed by atoms with Crippen LogP contribution in [0, 0.1) is 5.92 Å². The number of carbonyl (C=O) groups is 1. The Labute approximate surface area is 124 Å². The fourth-order valence-electron chi connectivity index (χ4n) is 3.78. The first kappa shape index (κ1) is 14.1. The van der Waals surface area contributed by atoms with Crippen LogP contribution < -0.4 is 9.80 Å². The molecule has 0 amide bonds. The molecule has 2 fully saturated rings. The summed E-state index contributed by atoms with van der Waals surface area (Å²) in [5, 5.41) is 9.00. The van der Waals surface area contributed by atoms with Gasteiger partial charge in [0, 0.05) is 38.8 Å². The van der Waals surface area contributed by atoms with Crippen LogP contribution in [0.3, 0.4) is 0 Å². The summed E-state index contributed by atoms with van der Waals surface area (Å²) in [5.41, 5.74) is 0. The highest BCUT2D eigenvalue weighted by atomic mass is 16.4. The van der Waals surface area contributed by atoms with E-state index in [1.165, 1.54) is 0 Å². The maximum Gasteiger partial charge on any atom is 0.303 e. The van der Waals surface area contributed by atoms with E-state index in [0.29, 0.717) is 24.4 Å². The Kier molecular flexibility index (Phi) is 3.69. The minimum Gasteiger partial charge on any atom is -0.481 e. The van der Waals surface area contributed by atoms with Gasteiger partial charge in [0.2, 0.25) is 5.95 Å². The topological polar surface area (TPSA) is 69.6 Å². The molecule has 1 N–H and O–H groups in total. The Bertz CT molecular complexity index is 520. The average molecular weight is 290 g/mol. The molecule has 2 unspecified atom stereocenters. The van der Waals surface area contributed by atoms with Gasteiger partial charge in [0.1, 0.15) is 5.82 Å². The zero-order valence-corrected chi connectivity index (χ0v) is 12.6. The van der Waals surface area contributed by atoms with E-state index < -0.39 is 5.97 Å². The van der Waals surface area contributed by atoms with Gasteiger partial charge in [-0.1, -0.05) is 0 Å². The number of carboxylic acids is 1. The molecule has 0 saturated carbocycles. The van der Waals surface area contributed by atoms with Crippen molar-refractivity contribution in [2.45, 2.75) is 44.2 Å². The Balaban J connectivity index is 1.79. The summed E-state index contributed by atoms with van der Waals surface area (Å²) in [6, 6.07) is 2.83. The normalized spacial score (nSPS) is 27.7. The summed E-state index contributed by atoms with van der Waals surface area (Å²) < 4.78 is 0. The second-order valence-corrected chi connectivity index (χ2v) is 6.34. The highest BCUT2D eigenvalue weighted by molar-refractivity contribution is 5.67. The summed E-state index contributed by atoms with van der Waals surface area (Å²) in [6.07, 6.45) is 6.31. The predicted molar refractivity (Wildman–Crippen MR) is 80.6 cm³/mol. The van der Waals surface area contributed by atoms with Crippen molar-refractivity contribution >= 4 is 17.7 Å². The highest BCUT2D eigenvalue weighted by Gasteiger charge is 2.41. The second-order valence-electron chi connectivity index (χ2n) is 6.34. The zero-order chi connectivity index (χ0) is 15.0. The van der Waals surface area contributed by atoms with E-state index in [1.807, 2.05) is 25.1 Å². The van der Waals surface area contributed by atoms with Crippen molar-refractivity contribution in [3.8, 4) is 0 Å². The Morgan fingerprint density at radius 1 is 1.38 bits per heavy atom. The smallest absolute Gasteiger partial charge is 0.303 e. The summed E-state index contributed by atoms with van der Waals surface area (Å²) in [7, 11) is 3.87. The van der Waals surface area contributed by atoms with Crippen LogP contribution in [-0.2, 0) is 4.79 Å². The van der Waals surface area contributed by atoms with Crippen LogP contribution in [0.15, 0.2) is 12.3 Å². The number of carboxylic acid groups (broad SMARTS) is 1. The molecule has 6 nitrogen and oxygen atoms in total. The Hall–Kier alpha value is -1.85. The van der Waals surface area contributed by atoms with Crippen LogP contribution >= 0.6 is 0 Å². The highest BCUT2D eigenvalue weighted by Crippen LogP contribution is 2.42. The van der Waals surface area contributed by atoms with Crippen LogP contribution in [0.5, 0.6) is 0 Å².